The minimum Gasteiger partial charge on any atom is -0.330 e. The van der Waals surface area contributed by atoms with Gasteiger partial charge < -0.3 is 5.73 Å². The van der Waals surface area contributed by atoms with Crippen molar-refractivity contribution in [2.24, 2.45) is 17.6 Å². The zero-order valence-corrected chi connectivity index (χ0v) is 11.6. The van der Waals surface area contributed by atoms with Crippen molar-refractivity contribution in [2.45, 2.75) is 57.6 Å². The Morgan fingerprint density at radius 2 is 1.94 bits per heavy atom. The van der Waals surface area contributed by atoms with E-state index >= 15 is 0 Å². The van der Waals surface area contributed by atoms with Crippen LogP contribution in [0.5, 0.6) is 0 Å². The molecule has 1 aliphatic rings. The molecule has 0 aromatic rings. The van der Waals surface area contributed by atoms with Gasteiger partial charge in [0.2, 0.25) is 0 Å². The SMILES string of the molecule is CC(C)CCS(=O)C1CCCCCC1CN. The monoisotopic (exact) mass is 245 g/mol. The molecule has 1 rings (SSSR count). The molecule has 96 valence electrons. The molecule has 3 heteroatoms. The Labute approximate surface area is 103 Å². The van der Waals surface area contributed by atoms with Crippen LogP contribution in [0.4, 0.5) is 0 Å². The summed E-state index contributed by atoms with van der Waals surface area (Å²) >= 11 is 0. The van der Waals surface area contributed by atoms with Crippen molar-refractivity contribution < 1.29 is 4.21 Å². The first-order valence-electron chi connectivity index (χ1n) is 6.72. The van der Waals surface area contributed by atoms with E-state index in [2.05, 4.69) is 13.8 Å². The largest absolute Gasteiger partial charge is 0.330 e. The first kappa shape index (κ1) is 14.2. The van der Waals surface area contributed by atoms with Crippen LogP contribution in [0.15, 0.2) is 0 Å². The van der Waals surface area contributed by atoms with E-state index in [1.807, 2.05) is 0 Å². The lowest BCUT2D eigenvalue weighted by atomic mass is 10.0. The van der Waals surface area contributed by atoms with Gasteiger partial charge >= 0.3 is 0 Å². The van der Waals surface area contributed by atoms with Gasteiger partial charge in [0.05, 0.1) is 0 Å². The molecule has 0 spiro atoms. The van der Waals surface area contributed by atoms with Gasteiger partial charge in [-0.3, -0.25) is 4.21 Å². The summed E-state index contributed by atoms with van der Waals surface area (Å²) in [6.45, 7) is 5.12. The molecule has 3 atom stereocenters. The van der Waals surface area contributed by atoms with Gasteiger partial charge in [0.1, 0.15) is 0 Å². The van der Waals surface area contributed by atoms with Gasteiger partial charge in [-0.05, 0) is 37.6 Å². The molecular weight excluding hydrogens is 218 g/mol. The molecule has 2 N–H and O–H groups in total. The highest BCUT2D eigenvalue weighted by Crippen LogP contribution is 2.27. The van der Waals surface area contributed by atoms with Gasteiger partial charge in [-0.1, -0.05) is 33.1 Å². The summed E-state index contributed by atoms with van der Waals surface area (Å²) in [7, 11) is -0.648. The van der Waals surface area contributed by atoms with Gasteiger partial charge in [-0.25, -0.2) is 0 Å². The molecule has 2 nitrogen and oxygen atoms in total. The quantitative estimate of drug-likeness (QED) is 0.757. The van der Waals surface area contributed by atoms with E-state index in [9.17, 15) is 4.21 Å². The maximum Gasteiger partial charge on any atom is 0.0388 e. The normalized spacial score (nSPS) is 29.0. The van der Waals surface area contributed by atoms with E-state index in [1.165, 1.54) is 25.7 Å². The van der Waals surface area contributed by atoms with Gasteiger partial charge in [-0.15, -0.1) is 0 Å². The average molecular weight is 245 g/mol. The number of hydrogen-bond donors (Lipinski definition) is 1. The second kappa shape index (κ2) is 7.44. The molecule has 0 bridgehead atoms. The highest BCUT2D eigenvalue weighted by atomic mass is 32.2. The first-order chi connectivity index (χ1) is 7.65. The molecule has 0 aromatic carbocycles. The zero-order valence-electron chi connectivity index (χ0n) is 10.8. The summed E-state index contributed by atoms with van der Waals surface area (Å²) in [4.78, 5) is 0. The van der Waals surface area contributed by atoms with E-state index in [1.54, 1.807) is 0 Å². The third-order valence-corrected chi connectivity index (χ3v) is 5.56. The fourth-order valence-electron chi connectivity index (χ4n) is 2.47. The van der Waals surface area contributed by atoms with Gasteiger partial charge in [-0.2, -0.15) is 0 Å². The van der Waals surface area contributed by atoms with Gasteiger partial charge in [0.15, 0.2) is 0 Å². The third kappa shape index (κ3) is 4.54. The number of hydrogen-bond acceptors (Lipinski definition) is 2. The molecule has 0 saturated heterocycles. The Bertz CT molecular complexity index is 218. The maximum absolute atomic E-state index is 12.3. The highest BCUT2D eigenvalue weighted by molar-refractivity contribution is 7.85. The van der Waals surface area contributed by atoms with Crippen molar-refractivity contribution >= 4 is 10.8 Å². The summed E-state index contributed by atoms with van der Waals surface area (Å²) in [5, 5.41) is 0.381. The molecule has 0 heterocycles. The van der Waals surface area contributed by atoms with Crippen LogP contribution >= 0.6 is 0 Å². The lowest BCUT2D eigenvalue weighted by Gasteiger charge is -2.23. The molecule has 1 saturated carbocycles. The van der Waals surface area contributed by atoms with Crippen molar-refractivity contribution in [1.82, 2.24) is 0 Å². The standard InChI is InChI=1S/C13H27NOS/c1-11(2)8-9-16(15)13-7-5-3-4-6-12(13)10-14/h11-13H,3-10,14H2,1-2H3. The summed E-state index contributed by atoms with van der Waals surface area (Å²) in [5.74, 6) is 2.04. The summed E-state index contributed by atoms with van der Waals surface area (Å²) in [6.07, 6.45) is 7.23. The van der Waals surface area contributed by atoms with E-state index in [0.717, 1.165) is 25.1 Å². The van der Waals surface area contributed by atoms with Gasteiger partial charge in [0, 0.05) is 21.8 Å². The Morgan fingerprint density at radius 3 is 2.56 bits per heavy atom. The summed E-state index contributed by atoms with van der Waals surface area (Å²) < 4.78 is 12.3. The number of rotatable bonds is 5. The van der Waals surface area contributed by atoms with Crippen molar-refractivity contribution in [1.29, 1.82) is 0 Å². The van der Waals surface area contributed by atoms with Crippen molar-refractivity contribution in [3.8, 4) is 0 Å². The minimum absolute atomic E-state index is 0.381. The third-order valence-electron chi connectivity index (χ3n) is 3.63. The predicted octanol–water partition coefficient (Wildman–Crippen LogP) is 2.69. The van der Waals surface area contributed by atoms with Crippen LogP contribution in [0.3, 0.4) is 0 Å². The van der Waals surface area contributed by atoms with E-state index in [0.29, 0.717) is 17.1 Å². The smallest absolute Gasteiger partial charge is 0.0388 e. The van der Waals surface area contributed by atoms with E-state index in [-0.39, 0.29) is 0 Å². The van der Waals surface area contributed by atoms with Crippen molar-refractivity contribution in [3.05, 3.63) is 0 Å². The van der Waals surface area contributed by atoms with Crippen molar-refractivity contribution in [3.63, 3.8) is 0 Å². The molecule has 0 amide bonds. The fourth-order valence-corrected chi connectivity index (χ4v) is 4.58. The average Bonchev–Trinajstić information content (AvgIpc) is 2.50. The topological polar surface area (TPSA) is 43.1 Å². The molecule has 1 aliphatic carbocycles. The molecule has 3 unspecified atom stereocenters. The minimum atomic E-state index is -0.648. The van der Waals surface area contributed by atoms with E-state index < -0.39 is 10.8 Å². The molecule has 0 radical (unpaired) electrons. The van der Waals surface area contributed by atoms with Crippen LogP contribution in [0.25, 0.3) is 0 Å². The first-order valence-corrected chi connectivity index (χ1v) is 8.10. The van der Waals surface area contributed by atoms with E-state index in [4.69, 9.17) is 5.73 Å². The van der Waals surface area contributed by atoms with Crippen LogP contribution in [0.2, 0.25) is 0 Å². The van der Waals surface area contributed by atoms with Crippen LogP contribution in [-0.4, -0.2) is 21.8 Å². The second-order valence-electron chi connectivity index (χ2n) is 5.44. The second-order valence-corrected chi connectivity index (χ2v) is 7.21. The Kier molecular flexibility index (Phi) is 6.59. The fraction of sp³-hybridized carbons (Fsp3) is 1.00. The Balaban J connectivity index is 2.49. The lowest BCUT2D eigenvalue weighted by Crippen LogP contribution is -2.32. The van der Waals surface area contributed by atoms with Crippen LogP contribution < -0.4 is 5.73 Å². The lowest BCUT2D eigenvalue weighted by molar-refractivity contribution is 0.472. The molecular formula is C13H27NOS. The zero-order chi connectivity index (χ0) is 12.0. The van der Waals surface area contributed by atoms with Crippen molar-refractivity contribution in [2.75, 3.05) is 12.3 Å². The van der Waals surface area contributed by atoms with Crippen LogP contribution in [-0.2, 0) is 10.8 Å². The Hall–Kier alpha value is 0.110. The molecule has 0 aromatic heterocycles. The maximum atomic E-state index is 12.3. The molecule has 16 heavy (non-hydrogen) atoms. The molecule has 1 fully saturated rings. The Morgan fingerprint density at radius 1 is 1.25 bits per heavy atom. The highest BCUT2D eigenvalue weighted by Gasteiger charge is 2.27. The predicted molar refractivity (Wildman–Crippen MR) is 71.9 cm³/mol. The summed E-state index contributed by atoms with van der Waals surface area (Å²) in [6, 6.07) is 0. The van der Waals surface area contributed by atoms with Crippen LogP contribution in [0, 0.1) is 11.8 Å². The van der Waals surface area contributed by atoms with Gasteiger partial charge in [0.25, 0.3) is 0 Å². The van der Waals surface area contributed by atoms with Crippen LogP contribution in [0.1, 0.15) is 52.4 Å². The molecule has 0 aliphatic heterocycles. The summed E-state index contributed by atoms with van der Waals surface area (Å²) in [5.41, 5.74) is 5.82. The number of nitrogens with two attached hydrogens (primary N) is 1.